The molecule has 0 fully saturated rings. The van der Waals surface area contributed by atoms with Gasteiger partial charge in [0.1, 0.15) is 5.82 Å². The number of halogens is 2. The fourth-order valence-corrected chi connectivity index (χ4v) is 2.12. The number of amides is 1. The summed E-state index contributed by atoms with van der Waals surface area (Å²) in [7, 11) is 3.42. The molecule has 0 heterocycles. The van der Waals surface area contributed by atoms with Crippen molar-refractivity contribution in [3.8, 4) is 0 Å². The van der Waals surface area contributed by atoms with Crippen molar-refractivity contribution in [2.45, 2.75) is 6.54 Å². The first-order chi connectivity index (χ1) is 9.97. The molecule has 0 saturated carbocycles. The van der Waals surface area contributed by atoms with Gasteiger partial charge in [0.15, 0.2) is 0 Å². The van der Waals surface area contributed by atoms with E-state index in [9.17, 15) is 9.18 Å². The number of hydrogen-bond donors (Lipinski definition) is 1. The van der Waals surface area contributed by atoms with Gasteiger partial charge in [0, 0.05) is 36.9 Å². The maximum absolute atomic E-state index is 13.0. The van der Waals surface area contributed by atoms with Crippen LogP contribution in [0.1, 0.15) is 15.9 Å². The Morgan fingerprint density at radius 2 is 2.00 bits per heavy atom. The van der Waals surface area contributed by atoms with E-state index < -0.39 is 0 Å². The standard InChI is InChI=1S/C16H16ClFN2O/c1-20(2)16(21)11-4-3-5-14(8-11)19-10-12-6-7-13(18)9-15(12)17/h3-9,19H,10H2,1-2H3. The molecule has 2 aromatic carbocycles. The van der Waals surface area contributed by atoms with Crippen LogP contribution in [-0.4, -0.2) is 24.9 Å². The summed E-state index contributed by atoms with van der Waals surface area (Å²) in [6, 6.07) is 11.5. The maximum Gasteiger partial charge on any atom is 0.253 e. The molecular weight excluding hydrogens is 291 g/mol. The molecule has 2 rings (SSSR count). The van der Waals surface area contributed by atoms with Crippen LogP contribution in [0.15, 0.2) is 42.5 Å². The van der Waals surface area contributed by atoms with Crippen LogP contribution < -0.4 is 5.32 Å². The van der Waals surface area contributed by atoms with Crippen molar-refractivity contribution in [1.29, 1.82) is 0 Å². The second-order valence-electron chi connectivity index (χ2n) is 4.87. The summed E-state index contributed by atoms with van der Waals surface area (Å²) in [4.78, 5) is 13.4. The second-order valence-corrected chi connectivity index (χ2v) is 5.28. The zero-order valence-corrected chi connectivity index (χ0v) is 12.6. The molecular formula is C16H16ClFN2O. The third kappa shape index (κ3) is 3.95. The number of nitrogens with one attached hydrogen (secondary N) is 1. The van der Waals surface area contributed by atoms with Crippen molar-refractivity contribution in [2.75, 3.05) is 19.4 Å². The lowest BCUT2D eigenvalue weighted by Crippen LogP contribution is -2.21. The Labute approximate surface area is 128 Å². The molecule has 0 unspecified atom stereocenters. The average Bonchev–Trinajstić information content (AvgIpc) is 2.45. The van der Waals surface area contributed by atoms with Crippen LogP contribution in [0.3, 0.4) is 0 Å². The highest BCUT2D eigenvalue weighted by Gasteiger charge is 2.08. The van der Waals surface area contributed by atoms with Crippen LogP contribution in [0, 0.1) is 5.82 Å². The predicted molar refractivity (Wildman–Crippen MR) is 83.2 cm³/mol. The van der Waals surface area contributed by atoms with E-state index in [1.807, 2.05) is 12.1 Å². The smallest absolute Gasteiger partial charge is 0.253 e. The van der Waals surface area contributed by atoms with Gasteiger partial charge in [0.25, 0.3) is 5.91 Å². The number of nitrogens with zero attached hydrogens (tertiary/aromatic N) is 1. The fraction of sp³-hybridized carbons (Fsp3) is 0.188. The van der Waals surface area contributed by atoms with Crippen molar-refractivity contribution in [3.05, 3.63) is 64.4 Å². The van der Waals surface area contributed by atoms with Gasteiger partial charge in [-0.2, -0.15) is 0 Å². The minimum absolute atomic E-state index is 0.0570. The Kier molecular flexibility index (Phi) is 4.81. The van der Waals surface area contributed by atoms with Gasteiger partial charge in [-0.1, -0.05) is 23.7 Å². The van der Waals surface area contributed by atoms with Crippen LogP contribution in [-0.2, 0) is 6.54 Å². The van der Waals surface area contributed by atoms with Crippen LogP contribution in [0.4, 0.5) is 10.1 Å². The Morgan fingerprint density at radius 1 is 1.24 bits per heavy atom. The number of rotatable bonds is 4. The van der Waals surface area contributed by atoms with E-state index in [4.69, 9.17) is 11.6 Å². The van der Waals surface area contributed by atoms with E-state index in [1.165, 1.54) is 17.0 Å². The molecule has 0 bridgehead atoms. The Bertz CT molecular complexity index is 658. The van der Waals surface area contributed by atoms with Crippen LogP contribution in [0.2, 0.25) is 5.02 Å². The lowest BCUT2D eigenvalue weighted by atomic mass is 10.1. The fourth-order valence-electron chi connectivity index (χ4n) is 1.88. The van der Waals surface area contributed by atoms with E-state index in [2.05, 4.69) is 5.32 Å². The highest BCUT2D eigenvalue weighted by molar-refractivity contribution is 6.31. The van der Waals surface area contributed by atoms with Gasteiger partial charge in [0.2, 0.25) is 0 Å². The SMILES string of the molecule is CN(C)C(=O)c1cccc(NCc2ccc(F)cc2Cl)c1. The van der Waals surface area contributed by atoms with Gasteiger partial charge in [-0.25, -0.2) is 4.39 Å². The van der Waals surface area contributed by atoms with Gasteiger partial charge in [-0.3, -0.25) is 4.79 Å². The Hall–Kier alpha value is -2.07. The minimum Gasteiger partial charge on any atom is -0.381 e. The lowest BCUT2D eigenvalue weighted by molar-refractivity contribution is 0.0827. The minimum atomic E-state index is -0.359. The van der Waals surface area contributed by atoms with E-state index in [1.54, 1.807) is 32.3 Å². The molecule has 110 valence electrons. The number of carbonyl (C=O) groups excluding carboxylic acids is 1. The molecule has 0 aliphatic carbocycles. The molecule has 3 nitrogen and oxygen atoms in total. The third-order valence-corrected chi connectivity index (χ3v) is 3.37. The van der Waals surface area contributed by atoms with E-state index in [-0.39, 0.29) is 11.7 Å². The molecule has 0 atom stereocenters. The van der Waals surface area contributed by atoms with Crippen molar-refractivity contribution in [2.24, 2.45) is 0 Å². The van der Waals surface area contributed by atoms with Crippen molar-refractivity contribution >= 4 is 23.2 Å². The predicted octanol–water partition coefficient (Wildman–Crippen LogP) is 3.79. The summed E-state index contributed by atoms with van der Waals surface area (Å²) in [5.74, 6) is -0.416. The third-order valence-electron chi connectivity index (χ3n) is 3.01. The highest BCUT2D eigenvalue weighted by atomic mass is 35.5. The molecule has 0 radical (unpaired) electrons. The summed E-state index contributed by atoms with van der Waals surface area (Å²) < 4.78 is 13.0. The Balaban J connectivity index is 2.10. The summed E-state index contributed by atoms with van der Waals surface area (Å²) in [6.45, 7) is 0.457. The molecule has 1 amide bonds. The number of carbonyl (C=O) groups is 1. The van der Waals surface area contributed by atoms with Crippen LogP contribution in [0.25, 0.3) is 0 Å². The number of hydrogen-bond acceptors (Lipinski definition) is 2. The van der Waals surface area contributed by atoms with Crippen LogP contribution in [0.5, 0.6) is 0 Å². The summed E-state index contributed by atoms with van der Waals surface area (Å²) in [6.07, 6.45) is 0. The van der Waals surface area contributed by atoms with Crippen LogP contribution >= 0.6 is 11.6 Å². The summed E-state index contributed by atoms with van der Waals surface area (Å²) >= 11 is 5.98. The first-order valence-electron chi connectivity index (χ1n) is 6.47. The van der Waals surface area contributed by atoms with Crippen molar-refractivity contribution in [3.63, 3.8) is 0 Å². The first-order valence-corrected chi connectivity index (χ1v) is 6.84. The molecule has 0 aliphatic rings. The zero-order valence-electron chi connectivity index (χ0n) is 11.9. The molecule has 0 aromatic heterocycles. The topological polar surface area (TPSA) is 32.3 Å². The zero-order chi connectivity index (χ0) is 15.4. The second kappa shape index (κ2) is 6.59. The van der Waals surface area contributed by atoms with Gasteiger partial charge in [-0.15, -0.1) is 0 Å². The molecule has 1 N–H and O–H groups in total. The van der Waals surface area contributed by atoms with E-state index in [0.29, 0.717) is 17.1 Å². The monoisotopic (exact) mass is 306 g/mol. The first kappa shape index (κ1) is 15.3. The van der Waals surface area contributed by atoms with Crippen molar-refractivity contribution < 1.29 is 9.18 Å². The summed E-state index contributed by atoms with van der Waals surface area (Å²) in [5.41, 5.74) is 2.21. The molecule has 21 heavy (non-hydrogen) atoms. The van der Waals surface area contributed by atoms with Gasteiger partial charge in [-0.05, 0) is 35.9 Å². The molecule has 2 aromatic rings. The van der Waals surface area contributed by atoms with E-state index in [0.717, 1.165) is 11.3 Å². The molecule has 0 aliphatic heterocycles. The molecule has 5 heteroatoms. The normalized spacial score (nSPS) is 10.3. The number of anilines is 1. The average molecular weight is 307 g/mol. The maximum atomic E-state index is 13.0. The molecule has 0 spiro atoms. The summed E-state index contributed by atoms with van der Waals surface area (Å²) in [5, 5.41) is 3.56. The van der Waals surface area contributed by atoms with E-state index >= 15 is 0 Å². The van der Waals surface area contributed by atoms with Crippen molar-refractivity contribution in [1.82, 2.24) is 4.90 Å². The highest BCUT2D eigenvalue weighted by Crippen LogP contribution is 2.19. The molecule has 0 saturated heterocycles. The largest absolute Gasteiger partial charge is 0.381 e. The van der Waals surface area contributed by atoms with Gasteiger partial charge in [0.05, 0.1) is 0 Å². The van der Waals surface area contributed by atoms with Gasteiger partial charge < -0.3 is 10.2 Å². The number of benzene rings is 2. The Morgan fingerprint density at radius 3 is 2.67 bits per heavy atom. The van der Waals surface area contributed by atoms with Gasteiger partial charge >= 0.3 is 0 Å². The lowest BCUT2D eigenvalue weighted by Gasteiger charge is -2.12. The quantitative estimate of drug-likeness (QED) is 0.932.